The van der Waals surface area contributed by atoms with Crippen molar-refractivity contribution in [1.82, 2.24) is 5.32 Å². The lowest BCUT2D eigenvalue weighted by Gasteiger charge is -2.11. The van der Waals surface area contributed by atoms with Crippen molar-refractivity contribution in [1.29, 1.82) is 0 Å². The number of imide groups is 1. The van der Waals surface area contributed by atoms with Crippen LogP contribution in [0.1, 0.15) is 16.7 Å². The van der Waals surface area contributed by atoms with Gasteiger partial charge in [0.1, 0.15) is 11.5 Å². The van der Waals surface area contributed by atoms with Crippen molar-refractivity contribution in [2.45, 2.75) is 6.92 Å². The molecule has 2 aromatic carbocycles. The average molecular weight is 323 g/mol. The van der Waals surface area contributed by atoms with Crippen molar-refractivity contribution in [2.75, 3.05) is 14.2 Å². The summed E-state index contributed by atoms with van der Waals surface area (Å²) >= 11 is 0. The van der Waals surface area contributed by atoms with Crippen LogP contribution < -0.4 is 14.8 Å². The molecule has 5 heteroatoms. The molecule has 2 amide bonds. The van der Waals surface area contributed by atoms with Crippen LogP contribution in [0, 0.1) is 6.92 Å². The second kappa shape index (κ2) is 6.20. The summed E-state index contributed by atoms with van der Waals surface area (Å²) in [6, 6.07) is 12.6. The Bertz CT molecular complexity index is 850. The summed E-state index contributed by atoms with van der Waals surface area (Å²) in [5.74, 6) is 0.243. The Morgan fingerprint density at radius 2 is 1.50 bits per heavy atom. The first-order chi connectivity index (χ1) is 11.5. The molecule has 0 aliphatic carbocycles. The van der Waals surface area contributed by atoms with Crippen molar-refractivity contribution >= 4 is 23.0 Å². The van der Waals surface area contributed by atoms with E-state index in [1.54, 1.807) is 25.3 Å². The Kier molecular flexibility index (Phi) is 4.08. The third-order valence-electron chi connectivity index (χ3n) is 3.95. The Morgan fingerprint density at radius 1 is 0.833 bits per heavy atom. The Morgan fingerprint density at radius 3 is 2.12 bits per heavy atom. The van der Waals surface area contributed by atoms with Crippen LogP contribution in [0.15, 0.2) is 42.5 Å². The van der Waals surface area contributed by atoms with Gasteiger partial charge in [0.05, 0.1) is 25.4 Å². The van der Waals surface area contributed by atoms with Crippen LogP contribution >= 0.6 is 0 Å². The summed E-state index contributed by atoms with van der Waals surface area (Å²) in [6.07, 6.45) is 0. The Balaban J connectivity index is 2.23. The lowest BCUT2D eigenvalue weighted by atomic mass is 9.95. The molecule has 0 radical (unpaired) electrons. The minimum absolute atomic E-state index is 0.309. The second-order valence-electron chi connectivity index (χ2n) is 5.47. The van der Waals surface area contributed by atoms with Crippen molar-refractivity contribution in [3.63, 3.8) is 0 Å². The van der Waals surface area contributed by atoms with E-state index >= 15 is 0 Å². The molecule has 0 saturated carbocycles. The fraction of sp³-hybridized carbons (Fsp3) is 0.158. The van der Waals surface area contributed by atoms with E-state index in [0.29, 0.717) is 33.8 Å². The van der Waals surface area contributed by atoms with Gasteiger partial charge in [0.25, 0.3) is 11.8 Å². The van der Waals surface area contributed by atoms with E-state index in [4.69, 9.17) is 9.47 Å². The number of carbonyl (C=O) groups is 2. The van der Waals surface area contributed by atoms with Crippen LogP contribution in [-0.4, -0.2) is 26.0 Å². The summed E-state index contributed by atoms with van der Waals surface area (Å²) in [7, 11) is 3.07. The summed E-state index contributed by atoms with van der Waals surface area (Å²) < 4.78 is 10.6. The molecule has 0 unspecified atom stereocenters. The van der Waals surface area contributed by atoms with Crippen molar-refractivity contribution < 1.29 is 19.1 Å². The van der Waals surface area contributed by atoms with Gasteiger partial charge in [-0.25, -0.2) is 0 Å². The first kappa shape index (κ1) is 15.8. The highest BCUT2D eigenvalue weighted by Gasteiger charge is 2.33. The maximum atomic E-state index is 12.4. The maximum absolute atomic E-state index is 12.4. The molecule has 5 nitrogen and oxygen atoms in total. The quantitative estimate of drug-likeness (QED) is 0.878. The molecule has 122 valence electrons. The highest BCUT2D eigenvalue weighted by Crippen LogP contribution is 2.37. The molecule has 1 aliphatic heterocycles. The SMILES string of the molecule is COc1ccc(C2=C(c3ccc(C)cc3)C(=O)NC2=O)c(OC)c1. The lowest BCUT2D eigenvalue weighted by molar-refractivity contribution is -0.122. The van der Waals surface area contributed by atoms with Crippen LogP contribution in [0.2, 0.25) is 0 Å². The molecule has 1 N–H and O–H groups in total. The number of nitrogens with one attached hydrogen (secondary N) is 1. The molecule has 0 spiro atoms. The topological polar surface area (TPSA) is 64.6 Å². The highest BCUT2D eigenvalue weighted by molar-refractivity contribution is 6.49. The Hall–Kier alpha value is -3.08. The highest BCUT2D eigenvalue weighted by atomic mass is 16.5. The fourth-order valence-electron chi connectivity index (χ4n) is 2.71. The number of hydrogen-bond donors (Lipinski definition) is 1. The van der Waals surface area contributed by atoms with E-state index in [2.05, 4.69) is 5.32 Å². The van der Waals surface area contributed by atoms with Crippen LogP contribution in [-0.2, 0) is 9.59 Å². The number of hydrogen-bond acceptors (Lipinski definition) is 4. The van der Waals surface area contributed by atoms with Crippen molar-refractivity contribution in [3.05, 3.63) is 59.2 Å². The molecule has 0 bridgehead atoms. The molecule has 0 atom stereocenters. The molecule has 1 heterocycles. The number of benzene rings is 2. The fourth-order valence-corrected chi connectivity index (χ4v) is 2.71. The number of rotatable bonds is 4. The van der Waals surface area contributed by atoms with Crippen molar-refractivity contribution in [2.24, 2.45) is 0 Å². The van der Waals surface area contributed by atoms with E-state index in [-0.39, 0.29) is 0 Å². The zero-order valence-corrected chi connectivity index (χ0v) is 13.7. The number of ether oxygens (including phenoxy) is 2. The van der Waals surface area contributed by atoms with E-state index in [0.717, 1.165) is 5.56 Å². The zero-order chi connectivity index (χ0) is 17.3. The summed E-state index contributed by atoms with van der Waals surface area (Å²) in [5, 5.41) is 2.37. The van der Waals surface area contributed by atoms with Gasteiger partial charge in [0.2, 0.25) is 0 Å². The monoisotopic (exact) mass is 323 g/mol. The molecule has 2 aromatic rings. The van der Waals surface area contributed by atoms with Crippen molar-refractivity contribution in [3.8, 4) is 11.5 Å². The third kappa shape index (κ3) is 2.65. The van der Waals surface area contributed by atoms with Crippen LogP contribution in [0.5, 0.6) is 11.5 Å². The molecule has 24 heavy (non-hydrogen) atoms. The molecular weight excluding hydrogens is 306 g/mol. The smallest absolute Gasteiger partial charge is 0.259 e. The van der Waals surface area contributed by atoms with Crippen LogP contribution in [0.25, 0.3) is 11.1 Å². The number of amides is 2. The van der Waals surface area contributed by atoms with Gasteiger partial charge in [0, 0.05) is 11.6 Å². The predicted molar refractivity (Wildman–Crippen MR) is 90.7 cm³/mol. The second-order valence-corrected chi connectivity index (χ2v) is 5.47. The van der Waals surface area contributed by atoms with Gasteiger partial charge in [-0.05, 0) is 24.6 Å². The van der Waals surface area contributed by atoms with Crippen LogP contribution in [0.4, 0.5) is 0 Å². The summed E-state index contributed by atoms with van der Waals surface area (Å²) in [6.45, 7) is 1.96. The van der Waals surface area contributed by atoms with Gasteiger partial charge in [-0.2, -0.15) is 0 Å². The summed E-state index contributed by atoms with van der Waals surface area (Å²) in [5.41, 5.74) is 2.98. The molecule has 3 rings (SSSR count). The van der Waals surface area contributed by atoms with E-state index in [1.807, 2.05) is 31.2 Å². The third-order valence-corrected chi connectivity index (χ3v) is 3.95. The standard InChI is InChI=1S/C19H17NO4/c1-11-4-6-12(7-5-11)16-17(19(22)20-18(16)21)14-9-8-13(23-2)10-15(14)24-3/h4-10H,1-3H3,(H,20,21,22). The zero-order valence-electron chi connectivity index (χ0n) is 13.7. The van der Waals surface area contributed by atoms with Gasteiger partial charge in [-0.1, -0.05) is 29.8 Å². The van der Waals surface area contributed by atoms with Gasteiger partial charge in [0.15, 0.2) is 0 Å². The largest absolute Gasteiger partial charge is 0.497 e. The number of carbonyl (C=O) groups excluding carboxylic acids is 2. The first-order valence-corrected chi connectivity index (χ1v) is 7.44. The lowest BCUT2D eigenvalue weighted by Crippen LogP contribution is -2.22. The van der Waals surface area contributed by atoms with Gasteiger partial charge >= 0.3 is 0 Å². The molecular formula is C19H17NO4. The molecule has 0 saturated heterocycles. The normalized spacial score (nSPS) is 14.0. The van der Waals surface area contributed by atoms with E-state index in [9.17, 15) is 9.59 Å². The number of methoxy groups -OCH3 is 2. The minimum Gasteiger partial charge on any atom is -0.497 e. The van der Waals surface area contributed by atoms with E-state index < -0.39 is 11.8 Å². The predicted octanol–water partition coefficient (Wildman–Crippen LogP) is 2.58. The molecule has 1 aliphatic rings. The molecule has 0 aromatic heterocycles. The Labute approximate surface area is 139 Å². The average Bonchev–Trinajstić information content (AvgIpc) is 2.89. The maximum Gasteiger partial charge on any atom is 0.259 e. The number of aryl methyl sites for hydroxylation is 1. The van der Waals surface area contributed by atoms with Gasteiger partial charge in [-0.15, -0.1) is 0 Å². The molecule has 0 fully saturated rings. The summed E-state index contributed by atoms with van der Waals surface area (Å²) in [4.78, 5) is 24.7. The van der Waals surface area contributed by atoms with E-state index in [1.165, 1.54) is 7.11 Å². The first-order valence-electron chi connectivity index (χ1n) is 7.44. The van der Waals surface area contributed by atoms with Gasteiger partial charge < -0.3 is 9.47 Å². The minimum atomic E-state index is -0.431. The van der Waals surface area contributed by atoms with Gasteiger partial charge in [-0.3, -0.25) is 14.9 Å². The van der Waals surface area contributed by atoms with Crippen LogP contribution in [0.3, 0.4) is 0 Å².